The van der Waals surface area contributed by atoms with Crippen molar-refractivity contribution >= 4 is 11.9 Å². The van der Waals surface area contributed by atoms with Gasteiger partial charge in [-0.15, -0.1) is 0 Å². The first-order valence-electron chi connectivity index (χ1n) is 18.0. The highest BCUT2D eigenvalue weighted by molar-refractivity contribution is 5.69. The molecular weight excluding hydrogens is 496 g/mol. The van der Waals surface area contributed by atoms with E-state index < -0.39 is 5.97 Å². The summed E-state index contributed by atoms with van der Waals surface area (Å²) in [6, 6.07) is 0. The molecule has 0 aromatic heterocycles. The molecule has 0 saturated carbocycles. The van der Waals surface area contributed by atoms with Crippen LogP contribution < -0.4 is 0 Å². The summed E-state index contributed by atoms with van der Waals surface area (Å²) in [4.78, 5) is 23.4. The molecule has 1 atom stereocenters. The Morgan fingerprint density at radius 3 is 1.12 bits per heavy atom. The Labute approximate surface area is 250 Å². The van der Waals surface area contributed by atoms with Crippen LogP contribution in [0.2, 0.25) is 0 Å². The molecule has 0 radical (unpaired) electrons. The maximum Gasteiger partial charge on any atom is 0.306 e. The molecule has 4 heteroatoms. The Morgan fingerprint density at radius 2 is 0.775 bits per heavy atom. The summed E-state index contributed by atoms with van der Waals surface area (Å²) < 4.78 is 5.71. The van der Waals surface area contributed by atoms with E-state index in [1.54, 1.807) is 0 Å². The molecule has 0 rings (SSSR count). The highest BCUT2D eigenvalue weighted by atomic mass is 16.5. The van der Waals surface area contributed by atoms with Gasteiger partial charge in [-0.2, -0.15) is 0 Å². The second-order valence-electron chi connectivity index (χ2n) is 12.4. The Bertz CT molecular complexity index is 533. The van der Waals surface area contributed by atoms with Gasteiger partial charge in [-0.3, -0.25) is 9.59 Å². The van der Waals surface area contributed by atoms with Gasteiger partial charge in [0.2, 0.25) is 0 Å². The topological polar surface area (TPSA) is 63.6 Å². The van der Waals surface area contributed by atoms with Gasteiger partial charge in [0.05, 0.1) is 0 Å². The number of carbonyl (C=O) groups excluding carboxylic acids is 1. The van der Waals surface area contributed by atoms with Gasteiger partial charge in [0.1, 0.15) is 6.10 Å². The van der Waals surface area contributed by atoms with E-state index in [9.17, 15) is 9.59 Å². The summed E-state index contributed by atoms with van der Waals surface area (Å²) in [6.07, 6.45) is 36.9. The van der Waals surface area contributed by atoms with Crippen molar-refractivity contribution in [3.05, 3.63) is 0 Å². The van der Waals surface area contributed by atoms with Gasteiger partial charge >= 0.3 is 11.9 Å². The predicted octanol–water partition coefficient (Wildman–Crippen LogP) is 12.1. The van der Waals surface area contributed by atoms with Crippen molar-refractivity contribution in [2.24, 2.45) is 0 Å². The lowest BCUT2D eigenvalue weighted by molar-refractivity contribution is -0.151. The van der Waals surface area contributed by atoms with E-state index in [0.29, 0.717) is 12.8 Å². The normalized spacial score (nSPS) is 12.1. The lowest BCUT2D eigenvalue weighted by Crippen LogP contribution is -2.19. The molecule has 0 bridgehead atoms. The molecule has 0 spiro atoms. The minimum atomic E-state index is -0.808. The van der Waals surface area contributed by atoms with Crippen LogP contribution in [0.15, 0.2) is 0 Å². The van der Waals surface area contributed by atoms with E-state index in [2.05, 4.69) is 13.8 Å². The van der Waals surface area contributed by atoms with Gasteiger partial charge in [0, 0.05) is 12.8 Å². The van der Waals surface area contributed by atoms with Crippen LogP contribution in [0.1, 0.15) is 213 Å². The Balaban J connectivity index is 3.66. The molecule has 0 heterocycles. The third-order valence-electron chi connectivity index (χ3n) is 8.34. The maximum absolute atomic E-state index is 12.4. The van der Waals surface area contributed by atoms with Gasteiger partial charge in [-0.05, 0) is 25.7 Å². The van der Waals surface area contributed by atoms with Crippen LogP contribution in [0.4, 0.5) is 0 Å². The highest BCUT2D eigenvalue weighted by Crippen LogP contribution is 2.18. The fourth-order valence-corrected chi connectivity index (χ4v) is 5.65. The van der Waals surface area contributed by atoms with Crippen LogP contribution in [-0.4, -0.2) is 23.1 Å². The molecule has 0 fully saturated rings. The molecule has 1 N–H and O–H groups in total. The van der Waals surface area contributed by atoms with Crippen molar-refractivity contribution in [2.45, 2.75) is 219 Å². The van der Waals surface area contributed by atoms with Crippen molar-refractivity contribution < 1.29 is 19.4 Å². The van der Waals surface area contributed by atoms with Crippen molar-refractivity contribution in [1.82, 2.24) is 0 Å². The third-order valence-corrected chi connectivity index (χ3v) is 8.34. The Hall–Kier alpha value is -1.06. The molecule has 40 heavy (non-hydrogen) atoms. The molecule has 1 unspecified atom stereocenters. The zero-order valence-corrected chi connectivity index (χ0v) is 27.2. The van der Waals surface area contributed by atoms with Crippen molar-refractivity contribution in [3.63, 3.8) is 0 Å². The van der Waals surface area contributed by atoms with Crippen molar-refractivity contribution in [3.8, 4) is 0 Å². The largest absolute Gasteiger partial charge is 0.481 e. The zero-order chi connectivity index (χ0) is 29.4. The van der Waals surface area contributed by atoms with Crippen LogP contribution in [0.25, 0.3) is 0 Å². The van der Waals surface area contributed by atoms with Gasteiger partial charge in [0.15, 0.2) is 0 Å². The first-order valence-corrected chi connectivity index (χ1v) is 18.0. The number of aliphatic carboxylic acids is 1. The van der Waals surface area contributed by atoms with E-state index in [1.807, 2.05) is 0 Å². The summed E-state index contributed by atoms with van der Waals surface area (Å²) in [6.45, 7) is 4.53. The number of carboxylic acid groups (broad SMARTS) is 1. The number of rotatable bonds is 33. The first-order chi connectivity index (χ1) is 19.6. The van der Waals surface area contributed by atoms with Gasteiger partial charge in [0.25, 0.3) is 0 Å². The quantitative estimate of drug-likeness (QED) is 0.0633. The highest BCUT2D eigenvalue weighted by Gasteiger charge is 2.16. The number of unbranched alkanes of at least 4 members (excludes halogenated alkanes) is 25. The molecular formula is C36H70O4. The molecule has 0 aliphatic heterocycles. The van der Waals surface area contributed by atoms with Gasteiger partial charge in [-0.1, -0.05) is 174 Å². The standard InChI is InChI=1S/C36H70O4/c1-3-5-7-9-11-13-15-16-17-18-19-20-21-23-25-27-29-31-36(39)40-34(32-33-35(37)38)30-28-26-24-22-14-12-10-8-6-4-2/h34H,3-33H2,1-2H3,(H,37,38). The summed E-state index contributed by atoms with van der Waals surface area (Å²) in [5, 5.41) is 9.07. The SMILES string of the molecule is CCCCCCCCCCCCCCCCCCCC(=O)OC(CCCCCCCCCCCC)CCC(=O)O. The van der Waals surface area contributed by atoms with Crippen LogP contribution in [0, 0.1) is 0 Å². The minimum Gasteiger partial charge on any atom is -0.481 e. The van der Waals surface area contributed by atoms with E-state index in [0.717, 1.165) is 32.1 Å². The van der Waals surface area contributed by atoms with E-state index in [1.165, 1.54) is 148 Å². The number of hydrogen-bond acceptors (Lipinski definition) is 3. The molecule has 0 aliphatic carbocycles. The average molecular weight is 567 g/mol. The maximum atomic E-state index is 12.4. The molecule has 0 aromatic carbocycles. The predicted molar refractivity (Wildman–Crippen MR) is 172 cm³/mol. The van der Waals surface area contributed by atoms with Crippen LogP contribution in [0.3, 0.4) is 0 Å². The van der Waals surface area contributed by atoms with Crippen molar-refractivity contribution in [1.29, 1.82) is 0 Å². The molecule has 0 aromatic rings. The number of carboxylic acids is 1. The average Bonchev–Trinajstić information content (AvgIpc) is 2.94. The summed E-state index contributed by atoms with van der Waals surface area (Å²) in [7, 11) is 0. The van der Waals surface area contributed by atoms with E-state index in [4.69, 9.17) is 9.84 Å². The molecule has 238 valence electrons. The minimum absolute atomic E-state index is 0.0782. The lowest BCUT2D eigenvalue weighted by atomic mass is 10.0. The third kappa shape index (κ3) is 31.5. The molecule has 0 saturated heterocycles. The second kappa shape index (κ2) is 32.5. The Kier molecular flexibility index (Phi) is 31.6. The van der Waals surface area contributed by atoms with Gasteiger partial charge < -0.3 is 9.84 Å². The number of esters is 1. The van der Waals surface area contributed by atoms with Crippen LogP contribution in [0.5, 0.6) is 0 Å². The van der Waals surface area contributed by atoms with Crippen LogP contribution >= 0.6 is 0 Å². The number of ether oxygens (including phenoxy) is 1. The fraction of sp³-hybridized carbons (Fsp3) is 0.944. The molecule has 0 aliphatic rings. The first kappa shape index (κ1) is 38.9. The number of hydrogen-bond donors (Lipinski definition) is 1. The summed E-state index contributed by atoms with van der Waals surface area (Å²) >= 11 is 0. The van der Waals surface area contributed by atoms with E-state index >= 15 is 0 Å². The molecule has 4 nitrogen and oxygen atoms in total. The fourth-order valence-electron chi connectivity index (χ4n) is 5.65. The summed E-state index contributed by atoms with van der Waals surface area (Å²) in [5.41, 5.74) is 0. The monoisotopic (exact) mass is 567 g/mol. The molecule has 0 amide bonds. The lowest BCUT2D eigenvalue weighted by Gasteiger charge is -2.17. The van der Waals surface area contributed by atoms with Gasteiger partial charge in [-0.25, -0.2) is 0 Å². The summed E-state index contributed by atoms with van der Waals surface area (Å²) in [5.74, 6) is -0.944. The zero-order valence-electron chi connectivity index (χ0n) is 27.2. The number of carbonyl (C=O) groups is 2. The second-order valence-corrected chi connectivity index (χ2v) is 12.4. The van der Waals surface area contributed by atoms with E-state index in [-0.39, 0.29) is 18.5 Å². The Morgan fingerprint density at radius 1 is 0.450 bits per heavy atom. The van der Waals surface area contributed by atoms with Crippen molar-refractivity contribution in [2.75, 3.05) is 0 Å². The smallest absolute Gasteiger partial charge is 0.306 e. The van der Waals surface area contributed by atoms with Crippen LogP contribution in [-0.2, 0) is 14.3 Å².